The molecule has 0 aliphatic carbocycles. The SMILES string of the molecule is CCC(C)c1cc(Sc2ccc(N)c(C(C)CC)c2)ccc1N. The monoisotopic (exact) mass is 328 g/mol. The Hall–Kier alpha value is -1.61. The van der Waals surface area contributed by atoms with Gasteiger partial charge in [0, 0.05) is 21.2 Å². The fraction of sp³-hybridized carbons (Fsp3) is 0.400. The third-order valence-electron chi connectivity index (χ3n) is 4.64. The van der Waals surface area contributed by atoms with Gasteiger partial charge in [-0.15, -0.1) is 0 Å². The maximum Gasteiger partial charge on any atom is 0.0350 e. The third-order valence-corrected chi connectivity index (χ3v) is 5.62. The molecular formula is C20H28N2S. The van der Waals surface area contributed by atoms with Crippen molar-refractivity contribution in [2.45, 2.75) is 62.2 Å². The number of anilines is 2. The Morgan fingerprint density at radius 2 is 1.17 bits per heavy atom. The highest BCUT2D eigenvalue weighted by molar-refractivity contribution is 7.99. The molecule has 0 aliphatic rings. The quantitative estimate of drug-likeness (QED) is 0.637. The van der Waals surface area contributed by atoms with Crippen molar-refractivity contribution >= 4 is 23.1 Å². The maximum atomic E-state index is 6.14. The van der Waals surface area contributed by atoms with E-state index in [-0.39, 0.29) is 0 Å². The van der Waals surface area contributed by atoms with Crippen LogP contribution >= 0.6 is 11.8 Å². The first kappa shape index (κ1) is 17.7. The van der Waals surface area contributed by atoms with Gasteiger partial charge in [-0.25, -0.2) is 0 Å². The van der Waals surface area contributed by atoms with Crippen molar-refractivity contribution in [3.8, 4) is 0 Å². The highest BCUT2D eigenvalue weighted by Gasteiger charge is 2.11. The molecule has 0 saturated carbocycles. The summed E-state index contributed by atoms with van der Waals surface area (Å²) >= 11 is 1.78. The maximum absolute atomic E-state index is 6.14. The van der Waals surface area contributed by atoms with Crippen LogP contribution in [-0.2, 0) is 0 Å². The summed E-state index contributed by atoms with van der Waals surface area (Å²) in [5.74, 6) is 0.968. The second-order valence-electron chi connectivity index (χ2n) is 6.30. The van der Waals surface area contributed by atoms with E-state index < -0.39 is 0 Å². The second kappa shape index (κ2) is 7.78. The second-order valence-corrected chi connectivity index (χ2v) is 7.45. The molecule has 4 N–H and O–H groups in total. The average Bonchev–Trinajstić information content (AvgIpc) is 2.56. The van der Waals surface area contributed by atoms with Gasteiger partial charge in [0.1, 0.15) is 0 Å². The molecular weight excluding hydrogens is 300 g/mol. The van der Waals surface area contributed by atoms with Crippen molar-refractivity contribution in [3.63, 3.8) is 0 Å². The number of benzene rings is 2. The van der Waals surface area contributed by atoms with Crippen LogP contribution in [0.4, 0.5) is 11.4 Å². The Labute approximate surface area is 144 Å². The molecule has 2 rings (SSSR count). The number of hydrogen-bond acceptors (Lipinski definition) is 3. The first-order valence-electron chi connectivity index (χ1n) is 8.42. The molecule has 0 bridgehead atoms. The lowest BCUT2D eigenvalue weighted by Crippen LogP contribution is -1.99. The predicted molar refractivity (Wildman–Crippen MR) is 103 cm³/mol. The van der Waals surface area contributed by atoms with E-state index in [0.29, 0.717) is 11.8 Å². The molecule has 0 radical (unpaired) electrons. The van der Waals surface area contributed by atoms with Crippen LogP contribution < -0.4 is 11.5 Å². The van der Waals surface area contributed by atoms with E-state index in [0.717, 1.165) is 24.2 Å². The molecule has 3 heteroatoms. The molecule has 124 valence electrons. The predicted octanol–water partition coefficient (Wildman–Crippen LogP) is 6.03. The minimum atomic E-state index is 0.484. The zero-order valence-electron chi connectivity index (χ0n) is 14.6. The standard InChI is InChI=1S/C20H28N2S/c1-5-13(3)17-11-15(7-9-19(17)21)23-16-8-10-20(22)18(12-16)14(4)6-2/h7-14H,5-6,21-22H2,1-4H3. The van der Waals surface area contributed by atoms with Gasteiger partial charge in [0.2, 0.25) is 0 Å². The van der Waals surface area contributed by atoms with Crippen molar-refractivity contribution in [2.24, 2.45) is 0 Å². The Balaban J connectivity index is 2.29. The van der Waals surface area contributed by atoms with Crippen molar-refractivity contribution < 1.29 is 0 Å². The van der Waals surface area contributed by atoms with Gasteiger partial charge < -0.3 is 11.5 Å². The summed E-state index contributed by atoms with van der Waals surface area (Å²) in [7, 11) is 0. The smallest absolute Gasteiger partial charge is 0.0350 e. The molecule has 0 amide bonds. The molecule has 2 unspecified atom stereocenters. The van der Waals surface area contributed by atoms with Crippen LogP contribution in [-0.4, -0.2) is 0 Å². The lowest BCUT2D eigenvalue weighted by atomic mass is 9.97. The number of nitrogens with two attached hydrogens (primary N) is 2. The number of rotatable bonds is 6. The molecule has 0 aromatic heterocycles. The molecule has 2 atom stereocenters. The van der Waals surface area contributed by atoms with E-state index in [2.05, 4.69) is 52.0 Å². The van der Waals surface area contributed by atoms with E-state index in [1.807, 2.05) is 12.1 Å². The summed E-state index contributed by atoms with van der Waals surface area (Å²) < 4.78 is 0. The zero-order chi connectivity index (χ0) is 17.0. The van der Waals surface area contributed by atoms with Gasteiger partial charge in [-0.3, -0.25) is 0 Å². The fourth-order valence-corrected chi connectivity index (χ4v) is 3.58. The normalized spacial score (nSPS) is 13.7. The minimum absolute atomic E-state index is 0.484. The van der Waals surface area contributed by atoms with E-state index in [9.17, 15) is 0 Å². The van der Waals surface area contributed by atoms with Crippen LogP contribution in [0.5, 0.6) is 0 Å². The Morgan fingerprint density at radius 1 is 0.783 bits per heavy atom. The highest BCUT2D eigenvalue weighted by atomic mass is 32.2. The first-order chi connectivity index (χ1) is 11.0. The molecule has 2 nitrogen and oxygen atoms in total. The van der Waals surface area contributed by atoms with Gasteiger partial charge in [-0.2, -0.15) is 0 Å². The highest BCUT2D eigenvalue weighted by Crippen LogP contribution is 2.36. The molecule has 0 spiro atoms. The van der Waals surface area contributed by atoms with Gasteiger partial charge in [-0.1, -0.05) is 39.5 Å². The average molecular weight is 329 g/mol. The van der Waals surface area contributed by atoms with Gasteiger partial charge in [0.25, 0.3) is 0 Å². The summed E-state index contributed by atoms with van der Waals surface area (Å²) in [6.07, 6.45) is 2.19. The minimum Gasteiger partial charge on any atom is -0.398 e. The molecule has 0 saturated heterocycles. The topological polar surface area (TPSA) is 52.0 Å². The number of hydrogen-bond donors (Lipinski definition) is 2. The van der Waals surface area contributed by atoms with E-state index in [1.54, 1.807) is 11.8 Å². The molecule has 0 aliphatic heterocycles. The number of nitrogen functional groups attached to an aromatic ring is 2. The molecule has 2 aromatic carbocycles. The van der Waals surface area contributed by atoms with Crippen LogP contribution in [0.1, 0.15) is 63.5 Å². The summed E-state index contributed by atoms with van der Waals surface area (Å²) in [5, 5.41) is 0. The van der Waals surface area contributed by atoms with Crippen LogP contribution in [0.2, 0.25) is 0 Å². The van der Waals surface area contributed by atoms with E-state index in [1.165, 1.54) is 20.9 Å². The van der Waals surface area contributed by atoms with Crippen LogP contribution in [0, 0.1) is 0 Å². The summed E-state index contributed by atoms with van der Waals surface area (Å²) in [4.78, 5) is 2.46. The molecule has 23 heavy (non-hydrogen) atoms. The fourth-order valence-electron chi connectivity index (χ4n) is 2.66. The molecule has 2 aromatic rings. The largest absolute Gasteiger partial charge is 0.398 e. The Kier molecular flexibility index (Phi) is 6.00. The van der Waals surface area contributed by atoms with Gasteiger partial charge >= 0.3 is 0 Å². The zero-order valence-corrected chi connectivity index (χ0v) is 15.4. The Bertz CT molecular complexity index is 609. The van der Waals surface area contributed by atoms with Gasteiger partial charge in [0.15, 0.2) is 0 Å². The van der Waals surface area contributed by atoms with Crippen molar-refractivity contribution in [1.82, 2.24) is 0 Å². The summed E-state index contributed by atoms with van der Waals surface area (Å²) in [5.41, 5.74) is 16.5. The van der Waals surface area contributed by atoms with Crippen molar-refractivity contribution in [3.05, 3.63) is 47.5 Å². The summed E-state index contributed by atoms with van der Waals surface area (Å²) in [6, 6.07) is 12.7. The lowest BCUT2D eigenvalue weighted by molar-refractivity contribution is 0.733. The lowest BCUT2D eigenvalue weighted by Gasteiger charge is -2.16. The molecule has 0 heterocycles. The Morgan fingerprint density at radius 3 is 1.52 bits per heavy atom. The molecule has 0 fully saturated rings. The van der Waals surface area contributed by atoms with Crippen LogP contribution in [0.25, 0.3) is 0 Å². The van der Waals surface area contributed by atoms with Crippen molar-refractivity contribution in [2.75, 3.05) is 11.5 Å². The van der Waals surface area contributed by atoms with Crippen molar-refractivity contribution in [1.29, 1.82) is 0 Å². The van der Waals surface area contributed by atoms with Crippen LogP contribution in [0.15, 0.2) is 46.2 Å². The van der Waals surface area contributed by atoms with E-state index >= 15 is 0 Å². The van der Waals surface area contributed by atoms with Gasteiger partial charge in [0.05, 0.1) is 0 Å². The van der Waals surface area contributed by atoms with E-state index in [4.69, 9.17) is 11.5 Å². The van der Waals surface area contributed by atoms with Gasteiger partial charge in [-0.05, 0) is 72.2 Å². The first-order valence-corrected chi connectivity index (χ1v) is 9.24. The summed E-state index contributed by atoms with van der Waals surface area (Å²) in [6.45, 7) is 8.85. The third kappa shape index (κ3) is 4.23. The van der Waals surface area contributed by atoms with Crippen LogP contribution in [0.3, 0.4) is 0 Å².